The Morgan fingerprint density at radius 3 is 2.38 bits per heavy atom. The van der Waals surface area contributed by atoms with Gasteiger partial charge in [0.05, 0.1) is 12.6 Å². The highest BCUT2D eigenvalue weighted by Gasteiger charge is 2.16. The van der Waals surface area contributed by atoms with Crippen molar-refractivity contribution in [2.45, 2.75) is 45.7 Å². The molecule has 0 heterocycles. The molecule has 0 aliphatic rings. The summed E-state index contributed by atoms with van der Waals surface area (Å²) in [6, 6.07) is -0.0470. The summed E-state index contributed by atoms with van der Waals surface area (Å²) in [6.07, 6.45) is 0.786. The highest BCUT2D eigenvalue weighted by atomic mass is 16.3. The Morgan fingerprint density at radius 2 is 1.94 bits per heavy atom. The lowest BCUT2D eigenvalue weighted by Gasteiger charge is -2.18. The van der Waals surface area contributed by atoms with Crippen LogP contribution in [0.2, 0.25) is 0 Å². The minimum Gasteiger partial charge on any atom is -0.395 e. The monoisotopic (exact) mass is 230 g/mol. The quantitative estimate of drug-likeness (QED) is 0.541. The Balaban J connectivity index is 3.92. The van der Waals surface area contributed by atoms with Gasteiger partial charge in [-0.15, -0.1) is 0 Å². The van der Waals surface area contributed by atoms with Crippen LogP contribution in [0.25, 0.3) is 0 Å². The first-order chi connectivity index (χ1) is 7.47. The maximum Gasteiger partial charge on any atom is 0.220 e. The molecule has 0 aromatic carbocycles. The number of carbonyl (C=O) groups is 2. The molecule has 0 aromatic heterocycles. The molecule has 5 nitrogen and oxygen atoms in total. The van der Waals surface area contributed by atoms with Crippen LogP contribution in [-0.4, -0.2) is 42.0 Å². The van der Waals surface area contributed by atoms with Crippen LogP contribution in [0.5, 0.6) is 0 Å². The first kappa shape index (κ1) is 15.1. The molecule has 0 aliphatic heterocycles. The van der Waals surface area contributed by atoms with E-state index in [-0.39, 0.29) is 36.9 Å². The Labute approximate surface area is 96.6 Å². The van der Waals surface area contributed by atoms with Gasteiger partial charge >= 0.3 is 0 Å². The Morgan fingerprint density at radius 1 is 1.31 bits per heavy atom. The van der Waals surface area contributed by atoms with Gasteiger partial charge < -0.3 is 15.7 Å². The molecule has 0 fully saturated rings. The maximum atomic E-state index is 11.3. The summed E-state index contributed by atoms with van der Waals surface area (Å²) in [7, 11) is 0. The molecule has 0 aromatic rings. The normalized spacial score (nSPS) is 12.6. The summed E-state index contributed by atoms with van der Waals surface area (Å²) in [4.78, 5) is 22.5. The van der Waals surface area contributed by atoms with Crippen LogP contribution in [0.4, 0.5) is 0 Å². The number of Topliss-reactive ketones (excluding diaryl/α,β-unsaturated/α-hetero) is 1. The summed E-state index contributed by atoms with van der Waals surface area (Å²) in [5.41, 5.74) is 0. The summed E-state index contributed by atoms with van der Waals surface area (Å²) in [6.45, 7) is 5.64. The third-order valence-electron chi connectivity index (χ3n) is 2.12. The van der Waals surface area contributed by atoms with E-state index in [0.717, 1.165) is 0 Å². The van der Waals surface area contributed by atoms with Crippen molar-refractivity contribution in [3.05, 3.63) is 0 Å². The highest BCUT2D eigenvalue weighted by Crippen LogP contribution is 2.00. The molecule has 16 heavy (non-hydrogen) atoms. The summed E-state index contributed by atoms with van der Waals surface area (Å²) >= 11 is 0. The van der Waals surface area contributed by atoms with E-state index in [1.165, 1.54) is 6.92 Å². The average Bonchev–Trinajstić information content (AvgIpc) is 2.20. The third-order valence-corrected chi connectivity index (χ3v) is 2.12. The van der Waals surface area contributed by atoms with Gasteiger partial charge in [0.25, 0.3) is 0 Å². The second kappa shape index (κ2) is 8.24. The van der Waals surface area contributed by atoms with Gasteiger partial charge in [-0.1, -0.05) is 13.8 Å². The van der Waals surface area contributed by atoms with Crippen LogP contribution in [0.15, 0.2) is 0 Å². The zero-order valence-corrected chi connectivity index (χ0v) is 10.2. The number of hydrogen-bond donors (Lipinski definition) is 3. The number of aliphatic hydroxyl groups is 1. The lowest BCUT2D eigenvalue weighted by Crippen LogP contribution is -2.40. The molecule has 0 rings (SSSR count). The first-order valence-electron chi connectivity index (χ1n) is 5.61. The molecule has 1 unspecified atom stereocenters. The Bertz CT molecular complexity index is 229. The largest absolute Gasteiger partial charge is 0.395 e. The van der Waals surface area contributed by atoms with Crippen molar-refractivity contribution in [2.75, 3.05) is 13.2 Å². The van der Waals surface area contributed by atoms with E-state index in [9.17, 15) is 9.59 Å². The number of aliphatic hydroxyl groups excluding tert-OH is 1. The van der Waals surface area contributed by atoms with E-state index in [1.54, 1.807) is 0 Å². The fraction of sp³-hybridized carbons (Fsp3) is 0.818. The van der Waals surface area contributed by atoms with Crippen molar-refractivity contribution >= 4 is 11.7 Å². The second-order valence-electron chi connectivity index (χ2n) is 4.10. The molecule has 0 spiro atoms. The zero-order chi connectivity index (χ0) is 12.6. The van der Waals surface area contributed by atoms with Gasteiger partial charge in [0.1, 0.15) is 5.78 Å². The molecular weight excluding hydrogens is 208 g/mol. The molecule has 1 amide bonds. The van der Waals surface area contributed by atoms with Gasteiger partial charge in [-0.2, -0.15) is 0 Å². The van der Waals surface area contributed by atoms with Gasteiger partial charge in [0.15, 0.2) is 0 Å². The van der Waals surface area contributed by atoms with Crippen LogP contribution in [0, 0.1) is 0 Å². The minimum atomic E-state index is -0.264. The van der Waals surface area contributed by atoms with E-state index in [2.05, 4.69) is 10.6 Å². The number of hydrogen-bond acceptors (Lipinski definition) is 4. The van der Waals surface area contributed by atoms with E-state index in [0.29, 0.717) is 12.8 Å². The molecule has 0 bridgehead atoms. The SMILES string of the molecule is CC(=O)C(CCC(=O)NCCO)NC(C)C. The molecule has 3 N–H and O–H groups in total. The van der Waals surface area contributed by atoms with Crippen molar-refractivity contribution in [3.63, 3.8) is 0 Å². The van der Waals surface area contributed by atoms with Gasteiger partial charge in [0.2, 0.25) is 5.91 Å². The Kier molecular flexibility index (Phi) is 7.76. The maximum absolute atomic E-state index is 11.3. The van der Waals surface area contributed by atoms with Crippen LogP contribution in [0.1, 0.15) is 33.6 Å². The van der Waals surface area contributed by atoms with E-state index >= 15 is 0 Å². The molecular formula is C11H22N2O3. The highest BCUT2D eigenvalue weighted by molar-refractivity contribution is 5.83. The molecule has 94 valence electrons. The fourth-order valence-corrected chi connectivity index (χ4v) is 1.37. The van der Waals surface area contributed by atoms with Crippen LogP contribution in [-0.2, 0) is 9.59 Å². The summed E-state index contributed by atoms with van der Waals surface area (Å²) < 4.78 is 0. The number of carbonyl (C=O) groups excluding carboxylic acids is 2. The van der Waals surface area contributed by atoms with E-state index in [4.69, 9.17) is 5.11 Å². The smallest absolute Gasteiger partial charge is 0.220 e. The van der Waals surface area contributed by atoms with Gasteiger partial charge in [-0.05, 0) is 13.3 Å². The Hall–Kier alpha value is -0.940. The minimum absolute atomic E-state index is 0.0451. The lowest BCUT2D eigenvalue weighted by molar-refractivity contribution is -0.122. The van der Waals surface area contributed by atoms with Crippen LogP contribution in [0.3, 0.4) is 0 Å². The van der Waals surface area contributed by atoms with Crippen molar-refractivity contribution in [2.24, 2.45) is 0 Å². The van der Waals surface area contributed by atoms with Crippen molar-refractivity contribution in [1.29, 1.82) is 0 Å². The standard InChI is InChI=1S/C11H22N2O3/c1-8(2)13-10(9(3)15)4-5-11(16)12-6-7-14/h8,10,13-14H,4-7H2,1-3H3,(H,12,16). The number of nitrogens with one attached hydrogen (secondary N) is 2. The lowest BCUT2D eigenvalue weighted by atomic mass is 10.1. The van der Waals surface area contributed by atoms with Gasteiger partial charge in [0, 0.05) is 19.0 Å². The number of amides is 1. The topological polar surface area (TPSA) is 78.4 Å². The number of ketones is 1. The predicted molar refractivity (Wildman–Crippen MR) is 62.1 cm³/mol. The average molecular weight is 230 g/mol. The first-order valence-corrected chi connectivity index (χ1v) is 5.61. The van der Waals surface area contributed by atoms with Crippen molar-refractivity contribution in [3.8, 4) is 0 Å². The summed E-state index contributed by atoms with van der Waals surface area (Å²) in [5, 5.41) is 14.2. The zero-order valence-electron chi connectivity index (χ0n) is 10.2. The summed E-state index contributed by atoms with van der Waals surface area (Å²) in [5.74, 6) is -0.0884. The predicted octanol–water partition coefficient (Wildman–Crippen LogP) is -0.169. The molecule has 0 aliphatic carbocycles. The van der Waals surface area contributed by atoms with Crippen LogP contribution >= 0.6 is 0 Å². The van der Waals surface area contributed by atoms with E-state index in [1.807, 2.05) is 13.8 Å². The molecule has 1 atom stereocenters. The molecule has 0 saturated heterocycles. The van der Waals surface area contributed by atoms with E-state index < -0.39 is 0 Å². The van der Waals surface area contributed by atoms with Gasteiger partial charge in [-0.3, -0.25) is 9.59 Å². The molecule has 5 heteroatoms. The third kappa shape index (κ3) is 7.36. The second-order valence-corrected chi connectivity index (χ2v) is 4.10. The van der Waals surface area contributed by atoms with Gasteiger partial charge in [-0.25, -0.2) is 0 Å². The fourth-order valence-electron chi connectivity index (χ4n) is 1.37. The molecule has 0 radical (unpaired) electrons. The van der Waals surface area contributed by atoms with Crippen LogP contribution < -0.4 is 10.6 Å². The van der Waals surface area contributed by atoms with Crippen molar-refractivity contribution < 1.29 is 14.7 Å². The molecule has 0 saturated carbocycles. The number of rotatable bonds is 8. The van der Waals surface area contributed by atoms with Crippen molar-refractivity contribution in [1.82, 2.24) is 10.6 Å².